The molecule has 2 heterocycles. The van der Waals surface area contributed by atoms with Gasteiger partial charge in [0.05, 0.1) is 0 Å². The summed E-state index contributed by atoms with van der Waals surface area (Å²) in [5.74, 6) is 1.65. The number of imidazole rings is 1. The number of aromatic amines is 1. The monoisotopic (exact) mass is 237 g/mol. The summed E-state index contributed by atoms with van der Waals surface area (Å²) in [5.41, 5.74) is 7.12. The van der Waals surface area contributed by atoms with Crippen molar-refractivity contribution < 1.29 is 4.74 Å². The summed E-state index contributed by atoms with van der Waals surface area (Å²) in [4.78, 5) is 7.92. The third-order valence-corrected chi connectivity index (χ3v) is 3.51. The maximum Gasteiger partial charge on any atom is 0.106 e. The van der Waals surface area contributed by atoms with Crippen LogP contribution in [0.15, 0.2) is 6.20 Å². The standard InChI is InChI=1S/C13H23N3O/c1-13(2,9-14)7-12-15-8-11(16-12)10-3-5-17-6-4-10/h8,10H,3-7,9,14H2,1-2H3,(H,15,16). The fourth-order valence-electron chi connectivity index (χ4n) is 2.21. The normalized spacial score (nSPS) is 18.5. The highest BCUT2D eigenvalue weighted by Gasteiger charge is 2.21. The van der Waals surface area contributed by atoms with E-state index in [1.165, 1.54) is 5.69 Å². The average Bonchev–Trinajstić information content (AvgIpc) is 2.78. The molecule has 0 radical (unpaired) electrons. The molecule has 0 aromatic carbocycles. The molecular weight excluding hydrogens is 214 g/mol. The minimum atomic E-state index is 0.116. The van der Waals surface area contributed by atoms with Gasteiger partial charge in [0.15, 0.2) is 0 Å². The maximum atomic E-state index is 5.75. The Labute approximate surface area is 103 Å². The van der Waals surface area contributed by atoms with Crippen LogP contribution in [0.5, 0.6) is 0 Å². The summed E-state index contributed by atoms with van der Waals surface area (Å²) in [6, 6.07) is 0. The number of nitrogens with two attached hydrogens (primary N) is 1. The first kappa shape index (κ1) is 12.6. The molecule has 96 valence electrons. The van der Waals surface area contributed by atoms with Crippen molar-refractivity contribution in [2.24, 2.45) is 11.1 Å². The van der Waals surface area contributed by atoms with E-state index in [-0.39, 0.29) is 5.41 Å². The third kappa shape index (κ3) is 3.30. The summed E-state index contributed by atoms with van der Waals surface area (Å²) in [5, 5.41) is 0. The van der Waals surface area contributed by atoms with Crippen LogP contribution in [0.4, 0.5) is 0 Å². The Morgan fingerprint density at radius 1 is 1.47 bits per heavy atom. The van der Waals surface area contributed by atoms with Crippen LogP contribution in [-0.4, -0.2) is 29.7 Å². The molecule has 1 aromatic heterocycles. The van der Waals surface area contributed by atoms with Crippen LogP contribution < -0.4 is 5.73 Å². The van der Waals surface area contributed by atoms with E-state index in [0.717, 1.165) is 38.3 Å². The Balaban J connectivity index is 2.00. The van der Waals surface area contributed by atoms with Gasteiger partial charge in [-0.2, -0.15) is 0 Å². The van der Waals surface area contributed by atoms with Gasteiger partial charge in [-0.3, -0.25) is 0 Å². The predicted octanol–water partition coefficient (Wildman–Crippen LogP) is 1.83. The van der Waals surface area contributed by atoms with Crippen molar-refractivity contribution in [1.82, 2.24) is 9.97 Å². The number of rotatable bonds is 4. The first-order valence-electron chi connectivity index (χ1n) is 6.42. The van der Waals surface area contributed by atoms with Crippen molar-refractivity contribution in [2.45, 2.75) is 39.0 Å². The van der Waals surface area contributed by atoms with Crippen molar-refractivity contribution in [2.75, 3.05) is 19.8 Å². The SMILES string of the molecule is CC(C)(CN)Cc1ncc(C2CCOCC2)[nH]1. The highest BCUT2D eigenvalue weighted by Crippen LogP contribution is 2.26. The van der Waals surface area contributed by atoms with E-state index < -0.39 is 0 Å². The van der Waals surface area contributed by atoms with Gasteiger partial charge in [-0.15, -0.1) is 0 Å². The second-order valence-corrected chi connectivity index (χ2v) is 5.72. The number of nitrogens with one attached hydrogen (secondary N) is 1. The summed E-state index contributed by atoms with van der Waals surface area (Å²) in [6.07, 6.45) is 5.09. The molecule has 0 aliphatic carbocycles. The lowest BCUT2D eigenvalue weighted by Gasteiger charge is -2.21. The molecule has 1 aromatic rings. The van der Waals surface area contributed by atoms with E-state index in [4.69, 9.17) is 10.5 Å². The molecule has 0 spiro atoms. The number of nitrogens with zero attached hydrogens (tertiary/aromatic N) is 1. The van der Waals surface area contributed by atoms with Gasteiger partial charge in [-0.1, -0.05) is 13.8 Å². The Morgan fingerprint density at radius 3 is 2.82 bits per heavy atom. The van der Waals surface area contributed by atoms with Crippen LogP contribution in [0, 0.1) is 5.41 Å². The largest absolute Gasteiger partial charge is 0.381 e. The van der Waals surface area contributed by atoms with E-state index >= 15 is 0 Å². The van der Waals surface area contributed by atoms with Gasteiger partial charge in [0.2, 0.25) is 0 Å². The Kier molecular flexibility index (Phi) is 3.84. The molecule has 0 atom stereocenters. The molecule has 0 saturated carbocycles. The summed E-state index contributed by atoms with van der Waals surface area (Å²) >= 11 is 0. The number of H-pyrrole nitrogens is 1. The smallest absolute Gasteiger partial charge is 0.106 e. The minimum Gasteiger partial charge on any atom is -0.381 e. The Hall–Kier alpha value is -0.870. The van der Waals surface area contributed by atoms with Crippen LogP contribution in [0.1, 0.15) is 44.1 Å². The number of ether oxygens (including phenoxy) is 1. The van der Waals surface area contributed by atoms with Gasteiger partial charge in [0.25, 0.3) is 0 Å². The van der Waals surface area contributed by atoms with Crippen molar-refractivity contribution in [3.8, 4) is 0 Å². The summed E-state index contributed by atoms with van der Waals surface area (Å²) < 4.78 is 5.38. The van der Waals surface area contributed by atoms with Crippen molar-refractivity contribution in [1.29, 1.82) is 0 Å². The zero-order valence-electron chi connectivity index (χ0n) is 10.8. The molecule has 1 saturated heterocycles. The molecule has 4 heteroatoms. The lowest BCUT2D eigenvalue weighted by Crippen LogP contribution is -2.26. The van der Waals surface area contributed by atoms with Crippen LogP contribution in [0.3, 0.4) is 0 Å². The second kappa shape index (κ2) is 5.19. The Morgan fingerprint density at radius 2 is 2.18 bits per heavy atom. The van der Waals surface area contributed by atoms with Gasteiger partial charge >= 0.3 is 0 Å². The molecule has 0 unspecified atom stereocenters. The fourth-order valence-corrected chi connectivity index (χ4v) is 2.21. The lowest BCUT2D eigenvalue weighted by molar-refractivity contribution is 0.0845. The first-order chi connectivity index (χ1) is 8.11. The Bertz CT molecular complexity index is 353. The zero-order chi connectivity index (χ0) is 12.3. The van der Waals surface area contributed by atoms with Gasteiger partial charge in [-0.25, -0.2) is 4.98 Å². The van der Waals surface area contributed by atoms with E-state index in [2.05, 4.69) is 23.8 Å². The quantitative estimate of drug-likeness (QED) is 0.839. The minimum absolute atomic E-state index is 0.116. The summed E-state index contributed by atoms with van der Waals surface area (Å²) in [7, 11) is 0. The maximum absolute atomic E-state index is 5.75. The molecule has 1 aliphatic heterocycles. The number of aromatic nitrogens is 2. The predicted molar refractivity (Wildman–Crippen MR) is 67.9 cm³/mol. The molecule has 0 amide bonds. The van der Waals surface area contributed by atoms with E-state index in [0.29, 0.717) is 12.5 Å². The topological polar surface area (TPSA) is 63.9 Å². The fraction of sp³-hybridized carbons (Fsp3) is 0.769. The van der Waals surface area contributed by atoms with E-state index in [1.807, 2.05) is 6.20 Å². The molecular formula is C13H23N3O. The zero-order valence-corrected chi connectivity index (χ0v) is 10.8. The summed E-state index contributed by atoms with van der Waals surface area (Å²) in [6.45, 7) is 6.76. The van der Waals surface area contributed by atoms with Crippen LogP contribution in [0.2, 0.25) is 0 Å². The van der Waals surface area contributed by atoms with Crippen molar-refractivity contribution in [3.63, 3.8) is 0 Å². The highest BCUT2D eigenvalue weighted by molar-refractivity contribution is 5.09. The molecule has 4 nitrogen and oxygen atoms in total. The highest BCUT2D eigenvalue weighted by atomic mass is 16.5. The molecule has 2 rings (SSSR count). The molecule has 17 heavy (non-hydrogen) atoms. The molecule has 1 aliphatic rings. The average molecular weight is 237 g/mol. The van der Waals surface area contributed by atoms with Crippen molar-refractivity contribution >= 4 is 0 Å². The van der Waals surface area contributed by atoms with E-state index in [9.17, 15) is 0 Å². The van der Waals surface area contributed by atoms with Gasteiger partial charge in [-0.05, 0) is 24.8 Å². The molecule has 3 N–H and O–H groups in total. The van der Waals surface area contributed by atoms with Crippen LogP contribution in [0.25, 0.3) is 0 Å². The third-order valence-electron chi connectivity index (χ3n) is 3.51. The van der Waals surface area contributed by atoms with Gasteiger partial charge < -0.3 is 15.5 Å². The van der Waals surface area contributed by atoms with Gasteiger partial charge in [0, 0.05) is 37.4 Å². The first-order valence-corrected chi connectivity index (χ1v) is 6.42. The van der Waals surface area contributed by atoms with Crippen LogP contribution in [-0.2, 0) is 11.2 Å². The lowest BCUT2D eigenvalue weighted by atomic mass is 9.89. The molecule has 1 fully saturated rings. The second-order valence-electron chi connectivity index (χ2n) is 5.72. The van der Waals surface area contributed by atoms with E-state index in [1.54, 1.807) is 0 Å². The molecule has 0 bridgehead atoms. The number of hydrogen-bond acceptors (Lipinski definition) is 3. The van der Waals surface area contributed by atoms with Gasteiger partial charge in [0.1, 0.15) is 5.82 Å². The van der Waals surface area contributed by atoms with Crippen LogP contribution >= 0.6 is 0 Å². The number of hydrogen-bond donors (Lipinski definition) is 2. The van der Waals surface area contributed by atoms with Crippen molar-refractivity contribution in [3.05, 3.63) is 17.7 Å².